The van der Waals surface area contributed by atoms with Crippen LogP contribution >= 0.6 is 0 Å². The first-order valence-corrected chi connectivity index (χ1v) is 8.13. The number of nitrogens with one attached hydrogen (secondary N) is 1. The van der Waals surface area contributed by atoms with Gasteiger partial charge in [-0.05, 0) is 55.2 Å². The van der Waals surface area contributed by atoms with Gasteiger partial charge >= 0.3 is 0 Å². The molecule has 0 fully saturated rings. The Labute approximate surface area is 142 Å². The third-order valence-corrected chi connectivity index (χ3v) is 4.01. The molecule has 0 saturated carbocycles. The van der Waals surface area contributed by atoms with E-state index in [0.717, 1.165) is 17.7 Å². The summed E-state index contributed by atoms with van der Waals surface area (Å²) in [6.07, 6.45) is 1.01. The number of rotatable bonds is 7. The SMILES string of the molecule is CC[C@H](C)c1ccccc1NC(=O)COc1ccc(C(C)=O)cc1. The van der Waals surface area contributed by atoms with E-state index < -0.39 is 0 Å². The molecule has 126 valence electrons. The van der Waals surface area contributed by atoms with Gasteiger partial charge in [0, 0.05) is 11.3 Å². The van der Waals surface area contributed by atoms with E-state index >= 15 is 0 Å². The van der Waals surface area contributed by atoms with Gasteiger partial charge in [0.25, 0.3) is 5.91 Å². The summed E-state index contributed by atoms with van der Waals surface area (Å²) in [7, 11) is 0. The molecule has 0 aromatic heterocycles. The molecule has 0 aliphatic carbocycles. The summed E-state index contributed by atoms with van der Waals surface area (Å²) in [4.78, 5) is 23.4. The van der Waals surface area contributed by atoms with Crippen LogP contribution < -0.4 is 10.1 Å². The van der Waals surface area contributed by atoms with Crippen LogP contribution in [0.15, 0.2) is 48.5 Å². The molecule has 1 N–H and O–H groups in total. The highest BCUT2D eigenvalue weighted by Crippen LogP contribution is 2.26. The van der Waals surface area contributed by atoms with E-state index in [4.69, 9.17) is 4.74 Å². The molecule has 4 nitrogen and oxygen atoms in total. The number of benzene rings is 2. The van der Waals surface area contributed by atoms with Crippen LogP contribution in [0.4, 0.5) is 5.69 Å². The number of para-hydroxylation sites is 1. The van der Waals surface area contributed by atoms with E-state index in [2.05, 4.69) is 19.2 Å². The maximum atomic E-state index is 12.1. The lowest BCUT2D eigenvalue weighted by Gasteiger charge is -2.15. The van der Waals surface area contributed by atoms with Crippen molar-refractivity contribution in [3.8, 4) is 5.75 Å². The summed E-state index contributed by atoms with van der Waals surface area (Å²) in [5.41, 5.74) is 2.57. The smallest absolute Gasteiger partial charge is 0.262 e. The lowest BCUT2D eigenvalue weighted by molar-refractivity contribution is -0.118. The zero-order valence-electron chi connectivity index (χ0n) is 14.3. The van der Waals surface area contributed by atoms with E-state index in [9.17, 15) is 9.59 Å². The molecule has 0 radical (unpaired) electrons. The highest BCUT2D eigenvalue weighted by atomic mass is 16.5. The first kappa shape index (κ1) is 17.7. The van der Waals surface area contributed by atoms with Crippen LogP contribution in [0.5, 0.6) is 5.75 Å². The van der Waals surface area contributed by atoms with Gasteiger partial charge in [-0.25, -0.2) is 0 Å². The fraction of sp³-hybridized carbons (Fsp3) is 0.300. The Morgan fingerprint density at radius 1 is 1.08 bits per heavy atom. The summed E-state index contributed by atoms with van der Waals surface area (Å²) in [5.74, 6) is 0.731. The topological polar surface area (TPSA) is 55.4 Å². The quantitative estimate of drug-likeness (QED) is 0.767. The number of ketones is 1. The zero-order chi connectivity index (χ0) is 17.5. The molecule has 1 atom stereocenters. The van der Waals surface area contributed by atoms with Crippen molar-refractivity contribution in [1.29, 1.82) is 0 Å². The Balaban J connectivity index is 1.95. The molecule has 1 amide bonds. The van der Waals surface area contributed by atoms with Gasteiger partial charge in [-0.1, -0.05) is 32.0 Å². The predicted molar refractivity (Wildman–Crippen MR) is 95.7 cm³/mol. The van der Waals surface area contributed by atoms with Crippen LogP contribution in [0.1, 0.15) is 49.0 Å². The number of hydrogen-bond acceptors (Lipinski definition) is 3. The minimum Gasteiger partial charge on any atom is -0.484 e. The number of Topliss-reactive ketones (excluding diaryl/α,β-unsaturated/α-hetero) is 1. The van der Waals surface area contributed by atoms with Gasteiger partial charge in [0.2, 0.25) is 0 Å². The third kappa shape index (κ3) is 4.69. The first-order valence-electron chi connectivity index (χ1n) is 8.13. The number of hydrogen-bond donors (Lipinski definition) is 1. The fourth-order valence-corrected chi connectivity index (χ4v) is 2.38. The molecular weight excluding hydrogens is 302 g/mol. The molecule has 0 aliphatic rings. The average molecular weight is 325 g/mol. The Bertz CT molecular complexity index is 707. The monoisotopic (exact) mass is 325 g/mol. The van der Waals surface area contributed by atoms with Crippen LogP contribution in [-0.2, 0) is 4.79 Å². The Kier molecular flexibility index (Phi) is 6.13. The van der Waals surface area contributed by atoms with Gasteiger partial charge in [-0.2, -0.15) is 0 Å². The van der Waals surface area contributed by atoms with Crippen LogP contribution in [0.2, 0.25) is 0 Å². The molecule has 0 spiro atoms. The van der Waals surface area contributed by atoms with Crippen LogP contribution in [-0.4, -0.2) is 18.3 Å². The van der Waals surface area contributed by atoms with Gasteiger partial charge in [-0.15, -0.1) is 0 Å². The van der Waals surface area contributed by atoms with Crippen LogP contribution in [0, 0.1) is 0 Å². The van der Waals surface area contributed by atoms with Crippen molar-refractivity contribution >= 4 is 17.4 Å². The molecule has 0 heterocycles. The fourth-order valence-electron chi connectivity index (χ4n) is 2.38. The van der Waals surface area contributed by atoms with E-state index in [1.54, 1.807) is 24.3 Å². The lowest BCUT2D eigenvalue weighted by Crippen LogP contribution is -2.21. The Morgan fingerprint density at radius 2 is 1.75 bits per heavy atom. The molecule has 0 bridgehead atoms. The van der Waals surface area contributed by atoms with Gasteiger partial charge < -0.3 is 10.1 Å². The average Bonchev–Trinajstić information content (AvgIpc) is 2.60. The first-order chi connectivity index (χ1) is 11.5. The van der Waals surface area contributed by atoms with Gasteiger partial charge in [0.1, 0.15) is 5.75 Å². The van der Waals surface area contributed by atoms with E-state index in [1.807, 2.05) is 24.3 Å². The largest absolute Gasteiger partial charge is 0.484 e. The molecule has 0 unspecified atom stereocenters. The highest BCUT2D eigenvalue weighted by molar-refractivity contribution is 5.94. The Morgan fingerprint density at radius 3 is 2.38 bits per heavy atom. The number of anilines is 1. The highest BCUT2D eigenvalue weighted by Gasteiger charge is 2.11. The van der Waals surface area contributed by atoms with Crippen molar-refractivity contribution < 1.29 is 14.3 Å². The maximum Gasteiger partial charge on any atom is 0.262 e. The minimum atomic E-state index is -0.207. The minimum absolute atomic E-state index is 0.000874. The van der Waals surface area contributed by atoms with Gasteiger partial charge in [-0.3, -0.25) is 9.59 Å². The molecule has 24 heavy (non-hydrogen) atoms. The maximum absolute atomic E-state index is 12.1. The molecule has 0 aliphatic heterocycles. The van der Waals surface area contributed by atoms with E-state index in [0.29, 0.717) is 17.2 Å². The second kappa shape index (κ2) is 8.29. The summed E-state index contributed by atoms with van der Waals surface area (Å²) < 4.78 is 5.48. The second-order valence-corrected chi connectivity index (χ2v) is 5.81. The molecule has 2 aromatic rings. The molecule has 2 aromatic carbocycles. The van der Waals surface area contributed by atoms with Gasteiger partial charge in [0.15, 0.2) is 12.4 Å². The molecule has 4 heteroatoms. The van der Waals surface area contributed by atoms with Crippen molar-refractivity contribution in [3.05, 3.63) is 59.7 Å². The summed E-state index contributed by atoms with van der Waals surface area (Å²) in [5, 5.41) is 2.91. The second-order valence-electron chi connectivity index (χ2n) is 5.81. The number of carbonyl (C=O) groups excluding carboxylic acids is 2. The van der Waals surface area contributed by atoms with Crippen molar-refractivity contribution in [2.24, 2.45) is 0 Å². The Hall–Kier alpha value is -2.62. The predicted octanol–water partition coefficient (Wildman–Crippen LogP) is 4.42. The standard InChI is InChI=1S/C20H23NO3/c1-4-14(2)18-7-5-6-8-19(18)21-20(23)13-24-17-11-9-16(10-12-17)15(3)22/h5-12,14H,4,13H2,1-3H3,(H,21,23)/t14-/m0/s1. The lowest BCUT2D eigenvalue weighted by atomic mass is 9.97. The van der Waals surface area contributed by atoms with E-state index in [1.165, 1.54) is 6.92 Å². The number of ether oxygens (including phenoxy) is 1. The van der Waals surface area contributed by atoms with Crippen molar-refractivity contribution in [2.45, 2.75) is 33.1 Å². The van der Waals surface area contributed by atoms with E-state index in [-0.39, 0.29) is 18.3 Å². The van der Waals surface area contributed by atoms with Gasteiger partial charge in [0.05, 0.1) is 0 Å². The third-order valence-electron chi connectivity index (χ3n) is 4.01. The van der Waals surface area contributed by atoms with Crippen LogP contribution in [0.25, 0.3) is 0 Å². The molecular formula is C20H23NO3. The summed E-state index contributed by atoms with van der Waals surface area (Å²) in [6.45, 7) is 5.70. The summed E-state index contributed by atoms with van der Waals surface area (Å²) >= 11 is 0. The normalized spacial score (nSPS) is 11.6. The molecule has 0 saturated heterocycles. The van der Waals surface area contributed by atoms with Crippen LogP contribution in [0.3, 0.4) is 0 Å². The van der Waals surface area contributed by atoms with Crippen molar-refractivity contribution in [2.75, 3.05) is 11.9 Å². The number of amides is 1. The molecule has 2 rings (SSSR count). The van der Waals surface area contributed by atoms with Crippen molar-refractivity contribution in [3.63, 3.8) is 0 Å². The van der Waals surface area contributed by atoms with Crippen molar-refractivity contribution in [1.82, 2.24) is 0 Å². The summed E-state index contributed by atoms with van der Waals surface area (Å²) in [6, 6.07) is 14.6. The zero-order valence-corrected chi connectivity index (χ0v) is 14.3. The number of carbonyl (C=O) groups is 2.